The molecule has 1 aromatic rings. The van der Waals surface area contributed by atoms with Crippen LogP contribution >= 0.6 is 15.9 Å². The van der Waals surface area contributed by atoms with Gasteiger partial charge in [-0.05, 0) is 34.5 Å². The van der Waals surface area contributed by atoms with Crippen LogP contribution in [-0.2, 0) is 9.53 Å². The first-order chi connectivity index (χ1) is 7.60. The molecular formula is C11H15BrN2O2. The molecule has 5 heteroatoms. The van der Waals surface area contributed by atoms with Gasteiger partial charge in [-0.2, -0.15) is 0 Å². The Balaban J connectivity index is 2.80. The van der Waals surface area contributed by atoms with Gasteiger partial charge in [-0.15, -0.1) is 0 Å². The van der Waals surface area contributed by atoms with E-state index in [0.29, 0.717) is 0 Å². The lowest BCUT2D eigenvalue weighted by atomic mass is 10.2. The minimum Gasteiger partial charge on any atom is -0.370 e. The van der Waals surface area contributed by atoms with Crippen molar-refractivity contribution >= 4 is 27.5 Å². The SMILES string of the molecule is COC(CN)C(=O)Nc1cccc(C)c1Br. The van der Waals surface area contributed by atoms with Crippen LogP contribution in [0, 0.1) is 6.92 Å². The Kier molecular flexibility index (Phi) is 4.92. The first-order valence-corrected chi connectivity index (χ1v) is 5.68. The number of hydrogen-bond donors (Lipinski definition) is 2. The van der Waals surface area contributed by atoms with E-state index in [1.165, 1.54) is 7.11 Å². The number of ether oxygens (including phenoxy) is 1. The highest BCUT2D eigenvalue weighted by atomic mass is 79.9. The monoisotopic (exact) mass is 286 g/mol. The van der Waals surface area contributed by atoms with Gasteiger partial charge in [0.25, 0.3) is 5.91 Å². The molecule has 0 radical (unpaired) electrons. The van der Waals surface area contributed by atoms with E-state index in [0.717, 1.165) is 15.7 Å². The van der Waals surface area contributed by atoms with Crippen LogP contribution < -0.4 is 11.1 Å². The molecule has 0 saturated heterocycles. The van der Waals surface area contributed by atoms with Crippen molar-refractivity contribution in [3.05, 3.63) is 28.2 Å². The second-order valence-electron chi connectivity index (χ2n) is 3.39. The Labute approximate surface area is 103 Å². The number of nitrogens with two attached hydrogens (primary N) is 1. The van der Waals surface area contributed by atoms with Crippen molar-refractivity contribution in [1.29, 1.82) is 0 Å². The number of hydrogen-bond acceptors (Lipinski definition) is 3. The third kappa shape index (κ3) is 3.04. The van der Waals surface area contributed by atoms with Crippen molar-refractivity contribution in [2.45, 2.75) is 13.0 Å². The third-order valence-corrected chi connectivity index (χ3v) is 3.29. The van der Waals surface area contributed by atoms with Crippen molar-refractivity contribution in [3.8, 4) is 0 Å². The Morgan fingerprint density at radius 2 is 2.31 bits per heavy atom. The van der Waals surface area contributed by atoms with Gasteiger partial charge < -0.3 is 15.8 Å². The van der Waals surface area contributed by atoms with Crippen molar-refractivity contribution in [2.75, 3.05) is 19.0 Å². The molecule has 1 aromatic carbocycles. The summed E-state index contributed by atoms with van der Waals surface area (Å²) >= 11 is 3.41. The molecule has 88 valence electrons. The van der Waals surface area contributed by atoms with Crippen LogP contribution in [0.25, 0.3) is 0 Å². The number of amides is 1. The summed E-state index contributed by atoms with van der Waals surface area (Å²) in [4.78, 5) is 11.7. The minimum atomic E-state index is -0.618. The maximum atomic E-state index is 11.7. The zero-order valence-corrected chi connectivity index (χ0v) is 10.9. The van der Waals surface area contributed by atoms with Crippen molar-refractivity contribution in [1.82, 2.24) is 0 Å². The average Bonchev–Trinajstić information content (AvgIpc) is 2.26. The number of methoxy groups -OCH3 is 1. The molecule has 0 fully saturated rings. The maximum absolute atomic E-state index is 11.7. The first kappa shape index (κ1) is 13.2. The summed E-state index contributed by atoms with van der Waals surface area (Å²) in [5, 5.41) is 2.76. The van der Waals surface area contributed by atoms with E-state index in [2.05, 4.69) is 21.2 Å². The lowest BCUT2D eigenvalue weighted by molar-refractivity contribution is -0.125. The van der Waals surface area contributed by atoms with Gasteiger partial charge in [0, 0.05) is 18.1 Å². The van der Waals surface area contributed by atoms with E-state index in [9.17, 15) is 4.79 Å². The molecule has 1 amide bonds. The van der Waals surface area contributed by atoms with Gasteiger partial charge >= 0.3 is 0 Å². The molecule has 0 spiro atoms. The summed E-state index contributed by atoms with van der Waals surface area (Å²) in [5.41, 5.74) is 7.19. The zero-order chi connectivity index (χ0) is 12.1. The largest absolute Gasteiger partial charge is 0.370 e. The van der Waals surface area contributed by atoms with E-state index in [4.69, 9.17) is 10.5 Å². The molecule has 4 nitrogen and oxygen atoms in total. The quantitative estimate of drug-likeness (QED) is 0.885. The Bertz CT molecular complexity index is 378. The van der Waals surface area contributed by atoms with Crippen LogP contribution in [0.1, 0.15) is 5.56 Å². The van der Waals surface area contributed by atoms with Crippen LogP contribution in [0.4, 0.5) is 5.69 Å². The number of carbonyl (C=O) groups is 1. The second kappa shape index (κ2) is 5.98. The number of rotatable bonds is 4. The van der Waals surface area contributed by atoms with Gasteiger partial charge in [0.1, 0.15) is 6.10 Å². The van der Waals surface area contributed by atoms with Crippen LogP contribution in [-0.4, -0.2) is 25.7 Å². The highest BCUT2D eigenvalue weighted by molar-refractivity contribution is 9.10. The summed E-state index contributed by atoms with van der Waals surface area (Å²) in [6, 6.07) is 5.65. The normalized spacial score (nSPS) is 12.2. The van der Waals surface area contributed by atoms with E-state index >= 15 is 0 Å². The molecule has 1 rings (SSSR count). The van der Waals surface area contributed by atoms with Gasteiger partial charge in [-0.3, -0.25) is 4.79 Å². The highest BCUT2D eigenvalue weighted by Gasteiger charge is 2.16. The smallest absolute Gasteiger partial charge is 0.254 e. The predicted molar refractivity (Wildman–Crippen MR) is 67.4 cm³/mol. The fourth-order valence-electron chi connectivity index (χ4n) is 1.27. The average molecular weight is 287 g/mol. The lowest BCUT2D eigenvalue weighted by Gasteiger charge is -2.14. The molecule has 0 aliphatic carbocycles. The predicted octanol–water partition coefficient (Wildman–Crippen LogP) is 1.67. The fourth-order valence-corrected chi connectivity index (χ4v) is 1.63. The van der Waals surface area contributed by atoms with Crippen molar-refractivity contribution in [3.63, 3.8) is 0 Å². The van der Waals surface area contributed by atoms with Crippen LogP contribution in [0.2, 0.25) is 0 Å². The lowest BCUT2D eigenvalue weighted by Crippen LogP contribution is -2.36. The van der Waals surface area contributed by atoms with Crippen molar-refractivity contribution < 1.29 is 9.53 Å². The minimum absolute atomic E-state index is 0.159. The number of nitrogens with one attached hydrogen (secondary N) is 1. The van der Waals surface area contributed by atoms with Crippen LogP contribution in [0.15, 0.2) is 22.7 Å². The number of aryl methyl sites for hydroxylation is 1. The van der Waals surface area contributed by atoms with Gasteiger partial charge in [-0.1, -0.05) is 12.1 Å². The topological polar surface area (TPSA) is 64.3 Å². The molecule has 16 heavy (non-hydrogen) atoms. The van der Waals surface area contributed by atoms with Gasteiger partial charge in [0.05, 0.1) is 5.69 Å². The molecule has 1 atom stereocenters. The molecule has 3 N–H and O–H groups in total. The summed E-state index contributed by atoms with van der Waals surface area (Å²) < 4.78 is 5.82. The molecule has 0 bridgehead atoms. The third-order valence-electron chi connectivity index (χ3n) is 2.24. The molecule has 1 unspecified atom stereocenters. The van der Waals surface area contributed by atoms with Gasteiger partial charge in [-0.25, -0.2) is 0 Å². The van der Waals surface area contributed by atoms with E-state index in [-0.39, 0.29) is 12.5 Å². The molecule has 0 aliphatic rings. The second-order valence-corrected chi connectivity index (χ2v) is 4.18. The Morgan fingerprint density at radius 3 is 2.88 bits per heavy atom. The first-order valence-electron chi connectivity index (χ1n) is 4.89. The van der Waals surface area contributed by atoms with E-state index < -0.39 is 6.10 Å². The molecule has 0 saturated carbocycles. The standard InChI is InChI=1S/C11H15BrN2O2/c1-7-4-3-5-8(10(7)12)14-11(15)9(6-13)16-2/h3-5,9H,6,13H2,1-2H3,(H,14,15). The van der Waals surface area contributed by atoms with Gasteiger partial charge in [0.2, 0.25) is 0 Å². The maximum Gasteiger partial charge on any atom is 0.254 e. The Hall–Kier alpha value is -0.910. The highest BCUT2D eigenvalue weighted by Crippen LogP contribution is 2.25. The molecule has 0 aliphatic heterocycles. The fraction of sp³-hybridized carbons (Fsp3) is 0.364. The zero-order valence-electron chi connectivity index (χ0n) is 9.29. The van der Waals surface area contributed by atoms with E-state index in [1.807, 2.05) is 25.1 Å². The summed E-state index contributed by atoms with van der Waals surface area (Å²) in [5.74, 6) is -0.240. The number of carbonyl (C=O) groups excluding carboxylic acids is 1. The van der Waals surface area contributed by atoms with Gasteiger partial charge in [0.15, 0.2) is 0 Å². The molecular weight excluding hydrogens is 272 g/mol. The van der Waals surface area contributed by atoms with E-state index in [1.54, 1.807) is 0 Å². The summed E-state index contributed by atoms with van der Waals surface area (Å²) in [6.07, 6.45) is -0.618. The summed E-state index contributed by atoms with van der Waals surface area (Å²) in [6.45, 7) is 2.11. The molecule has 0 heterocycles. The number of benzene rings is 1. The van der Waals surface area contributed by atoms with Crippen LogP contribution in [0.3, 0.4) is 0 Å². The van der Waals surface area contributed by atoms with Crippen molar-refractivity contribution in [2.24, 2.45) is 5.73 Å². The number of anilines is 1. The Morgan fingerprint density at radius 1 is 1.62 bits per heavy atom. The number of halogens is 1. The molecule has 0 aromatic heterocycles. The van der Waals surface area contributed by atoms with Crippen LogP contribution in [0.5, 0.6) is 0 Å². The summed E-state index contributed by atoms with van der Waals surface area (Å²) in [7, 11) is 1.46.